The predicted molar refractivity (Wildman–Crippen MR) is 111 cm³/mol. The molecule has 29 heavy (non-hydrogen) atoms. The van der Waals surface area contributed by atoms with Gasteiger partial charge in [0.05, 0.1) is 11.7 Å². The molecule has 0 unspecified atom stereocenters. The molecule has 4 N–H and O–H groups in total. The van der Waals surface area contributed by atoms with Crippen molar-refractivity contribution in [3.05, 3.63) is 53.1 Å². The number of hydrogen-bond acceptors (Lipinski definition) is 5. The normalized spacial score (nSPS) is 15.7. The highest BCUT2D eigenvalue weighted by atomic mass is 35.5. The molecular weight excluding hydrogens is 430 g/mol. The van der Waals surface area contributed by atoms with Crippen LogP contribution in [0, 0.1) is 6.92 Å². The number of aromatic hydroxyl groups is 1. The molecule has 5 nitrogen and oxygen atoms in total. The van der Waals surface area contributed by atoms with E-state index in [1.54, 1.807) is 18.2 Å². The number of anilines is 1. The molecule has 2 aromatic carbocycles. The van der Waals surface area contributed by atoms with E-state index in [0.29, 0.717) is 5.56 Å². The van der Waals surface area contributed by atoms with Crippen molar-refractivity contribution in [3.63, 3.8) is 0 Å². The number of hydrogen-bond donors (Lipinski definition) is 3. The van der Waals surface area contributed by atoms with Crippen LogP contribution in [-0.4, -0.2) is 42.5 Å². The standard InChI is InChI=1S/C19H22F3N3O2.2ClH/c1-12-2-7-15(23)18(26)16(12)17(25-10-8-24-9-11-25)13-3-5-14(6-4-13)27-19(20,21)22;;/h2-7,17,24,26H,8-11,23H2,1H3;2*1H/t17-;;/m1../s1. The molecule has 0 amide bonds. The average molecular weight is 454 g/mol. The minimum Gasteiger partial charge on any atom is -0.505 e. The maximum absolute atomic E-state index is 12.4. The summed E-state index contributed by atoms with van der Waals surface area (Å²) in [5, 5.41) is 13.9. The molecule has 0 bridgehead atoms. The number of piperazine rings is 1. The largest absolute Gasteiger partial charge is 0.573 e. The molecule has 1 saturated heterocycles. The van der Waals surface area contributed by atoms with Crippen LogP contribution in [0.3, 0.4) is 0 Å². The number of ether oxygens (including phenoxy) is 1. The number of nitrogen functional groups attached to an aromatic ring is 1. The quantitative estimate of drug-likeness (QED) is 0.481. The first-order valence-electron chi connectivity index (χ1n) is 8.64. The molecule has 3 rings (SSSR count). The minimum atomic E-state index is -4.73. The molecular formula is C19H24Cl2F3N3O2. The maximum Gasteiger partial charge on any atom is 0.573 e. The summed E-state index contributed by atoms with van der Waals surface area (Å²) in [5.41, 5.74) is 8.46. The molecule has 0 aromatic heterocycles. The third-order valence-corrected chi connectivity index (χ3v) is 4.69. The van der Waals surface area contributed by atoms with Crippen LogP contribution in [0.4, 0.5) is 18.9 Å². The van der Waals surface area contributed by atoms with Crippen molar-refractivity contribution in [2.75, 3.05) is 31.9 Å². The number of nitrogens with two attached hydrogens (primary N) is 1. The van der Waals surface area contributed by atoms with Crippen LogP contribution in [0.25, 0.3) is 0 Å². The number of halogens is 5. The van der Waals surface area contributed by atoms with Crippen molar-refractivity contribution in [1.82, 2.24) is 10.2 Å². The van der Waals surface area contributed by atoms with Crippen LogP contribution in [0.5, 0.6) is 11.5 Å². The third-order valence-electron chi connectivity index (χ3n) is 4.69. The maximum atomic E-state index is 12.4. The molecule has 1 fully saturated rings. The molecule has 2 aromatic rings. The van der Waals surface area contributed by atoms with Crippen LogP contribution in [0.15, 0.2) is 36.4 Å². The van der Waals surface area contributed by atoms with Crippen LogP contribution in [0.1, 0.15) is 22.7 Å². The van der Waals surface area contributed by atoms with Crippen LogP contribution >= 0.6 is 24.8 Å². The number of alkyl halides is 3. The molecule has 1 aliphatic rings. The highest BCUT2D eigenvalue weighted by molar-refractivity contribution is 5.85. The van der Waals surface area contributed by atoms with E-state index in [2.05, 4.69) is 15.0 Å². The van der Waals surface area contributed by atoms with Crippen molar-refractivity contribution in [1.29, 1.82) is 0 Å². The Morgan fingerprint density at radius 1 is 1.07 bits per heavy atom. The van der Waals surface area contributed by atoms with E-state index < -0.39 is 6.36 Å². The SMILES string of the molecule is Cc1ccc(N)c(O)c1[C@@H](c1ccc(OC(F)(F)F)cc1)N1CCNCC1.Cl.Cl. The van der Waals surface area contributed by atoms with Gasteiger partial charge in [-0.2, -0.15) is 0 Å². The predicted octanol–water partition coefficient (Wildman–Crippen LogP) is 4.02. The van der Waals surface area contributed by atoms with E-state index in [1.165, 1.54) is 12.1 Å². The lowest BCUT2D eigenvalue weighted by molar-refractivity contribution is -0.274. The Morgan fingerprint density at radius 3 is 2.21 bits per heavy atom. The van der Waals surface area contributed by atoms with Gasteiger partial charge in [-0.05, 0) is 36.2 Å². The number of aryl methyl sites for hydroxylation is 1. The Hall–Kier alpha value is -1.87. The lowest BCUT2D eigenvalue weighted by atomic mass is 9.91. The number of nitrogens with one attached hydrogen (secondary N) is 1. The van der Waals surface area contributed by atoms with E-state index in [0.717, 1.165) is 37.3 Å². The zero-order valence-electron chi connectivity index (χ0n) is 15.7. The van der Waals surface area contributed by atoms with Crippen LogP contribution in [-0.2, 0) is 0 Å². The number of nitrogens with zero attached hydrogens (tertiary/aromatic N) is 1. The van der Waals surface area contributed by atoms with Crippen molar-refractivity contribution in [3.8, 4) is 11.5 Å². The molecule has 0 aliphatic carbocycles. The molecule has 162 valence electrons. The van der Waals surface area contributed by atoms with Gasteiger partial charge in [0.1, 0.15) is 11.5 Å². The fraction of sp³-hybridized carbons (Fsp3) is 0.368. The van der Waals surface area contributed by atoms with Gasteiger partial charge < -0.3 is 20.9 Å². The van der Waals surface area contributed by atoms with Crippen LogP contribution in [0.2, 0.25) is 0 Å². The summed E-state index contributed by atoms with van der Waals surface area (Å²) < 4.78 is 41.2. The zero-order chi connectivity index (χ0) is 19.6. The highest BCUT2D eigenvalue weighted by Gasteiger charge is 2.32. The molecule has 0 spiro atoms. The topological polar surface area (TPSA) is 70.8 Å². The molecule has 1 aliphatic heterocycles. The first-order chi connectivity index (χ1) is 12.8. The highest BCUT2D eigenvalue weighted by Crippen LogP contribution is 2.40. The third kappa shape index (κ3) is 6.05. The fourth-order valence-corrected chi connectivity index (χ4v) is 3.42. The van der Waals surface area contributed by atoms with E-state index in [-0.39, 0.29) is 48.0 Å². The first-order valence-corrected chi connectivity index (χ1v) is 8.64. The summed E-state index contributed by atoms with van der Waals surface area (Å²) in [7, 11) is 0. The Kier molecular flexibility index (Phi) is 8.89. The smallest absolute Gasteiger partial charge is 0.505 e. The monoisotopic (exact) mass is 453 g/mol. The van der Waals surface area contributed by atoms with Gasteiger partial charge in [0, 0.05) is 31.7 Å². The summed E-state index contributed by atoms with van der Waals surface area (Å²) in [6, 6.07) is 8.92. The zero-order valence-corrected chi connectivity index (χ0v) is 17.3. The van der Waals surface area contributed by atoms with E-state index >= 15 is 0 Å². The second-order valence-electron chi connectivity index (χ2n) is 6.54. The molecule has 0 saturated carbocycles. The van der Waals surface area contributed by atoms with Gasteiger partial charge in [-0.25, -0.2) is 0 Å². The van der Waals surface area contributed by atoms with Crippen molar-refractivity contribution >= 4 is 30.5 Å². The van der Waals surface area contributed by atoms with Gasteiger partial charge in [-0.3, -0.25) is 4.90 Å². The second kappa shape index (κ2) is 10.2. The number of phenols is 1. The Bertz CT molecular complexity index is 799. The Morgan fingerprint density at radius 2 is 1.66 bits per heavy atom. The number of rotatable bonds is 4. The first kappa shape index (κ1) is 25.2. The summed E-state index contributed by atoms with van der Waals surface area (Å²) in [4.78, 5) is 2.18. The van der Waals surface area contributed by atoms with Gasteiger partial charge in [0.25, 0.3) is 0 Å². The van der Waals surface area contributed by atoms with Gasteiger partial charge in [-0.1, -0.05) is 18.2 Å². The van der Waals surface area contributed by atoms with Gasteiger partial charge in [0.15, 0.2) is 0 Å². The molecule has 1 heterocycles. The van der Waals surface area contributed by atoms with E-state index in [1.807, 2.05) is 13.0 Å². The Labute approximate surface area is 179 Å². The lowest BCUT2D eigenvalue weighted by Gasteiger charge is -2.36. The lowest BCUT2D eigenvalue weighted by Crippen LogP contribution is -2.45. The van der Waals surface area contributed by atoms with Crippen LogP contribution < -0.4 is 15.8 Å². The molecule has 0 radical (unpaired) electrons. The average Bonchev–Trinajstić information content (AvgIpc) is 2.62. The van der Waals surface area contributed by atoms with E-state index in [4.69, 9.17) is 5.73 Å². The van der Waals surface area contributed by atoms with Crippen molar-refractivity contribution in [2.24, 2.45) is 0 Å². The van der Waals surface area contributed by atoms with Gasteiger partial charge >= 0.3 is 6.36 Å². The van der Waals surface area contributed by atoms with Crippen molar-refractivity contribution < 1.29 is 23.0 Å². The number of phenolic OH excluding ortho intramolecular Hbond substituents is 1. The summed E-state index contributed by atoms with van der Waals surface area (Å²) >= 11 is 0. The summed E-state index contributed by atoms with van der Waals surface area (Å²) in [6.07, 6.45) is -4.73. The number of benzene rings is 2. The van der Waals surface area contributed by atoms with Gasteiger partial charge in [0.2, 0.25) is 0 Å². The second-order valence-corrected chi connectivity index (χ2v) is 6.54. The summed E-state index contributed by atoms with van der Waals surface area (Å²) in [6.45, 7) is 4.92. The Balaban J connectivity index is 0.00000210. The summed E-state index contributed by atoms with van der Waals surface area (Å²) in [5.74, 6) is -0.270. The minimum absolute atomic E-state index is 0. The van der Waals surface area contributed by atoms with Crippen molar-refractivity contribution in [2.45, 2.75) is 19.3 Å². The van der Waals surface area contributed by atoms with Gasteiger partial charge in [-0.15, -0.1) is 38.0 Å². The fourth-order valence-electron chi connectivity index (χ4n) is 3.42. The van der Waals surface area contributed by atoms with E-state index in [9.17, 15) is 18.3 Å². The molecule has 1 atom stereocenters. The molecule has 10 heteroatoms.